The molecule has 1 saturated carbocycles. The standard InChI is InChI=1S/C12H14N6O2S/c13-7-11(12(14)15)17-16-8-2-1-3-9(6-8)18-21(19,20)10-4-5-10/h1-3,6,10,16,18H,4-5H2,(H3,14,15)/b17-11+. The molecule has 1 fully saturated rings. The van der Waals surface area contributed by atoms with Gasteiger partial charge in [0.05, 0.1) is 16.6 Å². The molecule has 0 atom stereocenters. The number of hydrogen-bond donors (Lipinski definition) is 4. The molecule has 110 valence electrons. The van der Waals surface area contributed by atoms with E-state index in [0.29, 0.717) is 24.2 Å². The predicted molar refractivity (Wildman–Crippen MR) is 80.6 cm³/mol. The Balaban J connectivity index is 2.11. The summed E-state index contributed by atoms with van der Waals surface area (Å²) in [7, 11) is -3.33. The number of nitrogens with one attached hydrogen (secondary N) is 3. The zero-order chi connectivity index (χ0) is 15.5. The summed E-state index contributed by atoms with van der Waals surface area (Å²) < 4.78 is 26.2. The zero-order valence-corrected chi connectivity index (χ0v) is 11.8. The van der Waals surface area contributed by atoms with Crippen molar-refractivity contribution >= 4 is 32.9 Å². The number of sulfonamides is 1. The van der Waals surface area contributed by atoms with Crippen LogP contribution in [0.3, 0.4) is 0 Å². The number of nitrogens with two attached hydrogens (primary N) is 1. The summed E-state index contributed by atoms with van der Waals surface area (Å²) in [4.78, 5) is 0. The first-order valence-corrected chi connectivity index (χ1v) is 7.67. The highest BCUT2D eigenvalue weighted by molar-refractivity contribution is 7.93. The molecule has 0 aromatic heterocycles. The Kier molecular flexibility index (Phi) is 4.09. The first-order valence-electron chi connectivity index (χ1n) is 6.12. The molecule has 8 nitrogen and oxygen atoms in total. The van der Waals surface area contributed by atoms with Crippen molar-refractivity contribution in [2.24, 2.45) is 10.8 Å². The lowest BCUT2D eigenvalue weighted by atomic mass is 10.3. The van der Waals surface area contributed by atoms with Gasteiger partial charge in [-0.15, -0.1) is 0 Å². The lowest BCUT2D eigenvalue weighted by Gasteiger charge is -2.08. The number of amidine groups is 1. The maximum atomic E-state index is 11.8. The summed E-state index contributed by atoms with van der Waals surface area (Å²) in [6.45, 7) is 0. The number of hydrogen-bond acceptors (Lipinski definition) is 6. The summed E-state index contributed by atoms with van der Waals surface area (Å²) in [6, 6.07) is 8.12. The Bertz CT molecular complexity index is 730. The minimum atomic E-state index is -3.33. The van der Waals surface area contributed by atoms with Gasteiger partial charge in [-0.05, 0) is 31.0 Å². The normalized spacial score (nSPS) is 15.1. The van der Waals surface area contributed by atoms with E-state index in [4.69, 9.17) is 16.4 Å². The van der Waals surface area contributed by atoms with Crippen LogP contribution >= 0.6 is 0 Å². The highest BCUT2D eigenvalue weighted by Gasteiger charge is 2.35. The number of nitriles is 1. The molecule has 0 heterocycles. The third-order valence-corrected chi connectivity index (χ3v) is 4.61. The number of hydrazone groups is 1. The lowest BCUT2D eigenvalue weighted by molar-refractivity contribution is 0.600. The molecule has 1 aromatic carbocycles. The van der Waals surface area contributed by atoms with Gasteiger partial charge in [0.25, 0.3) is 0 Å². The fourth-order valence-corrected chi connectivity index (χ4v) is 2.92. The Morgan fingerprint density at radius 1 is 1.43 bits per heavy atom. The van der Waals surface area contributed by atoms with Crippen molar-refractivity contribution < 1.29 is 8.42 Å². The van der Waals surface area contributed by atoms with Gasteiger partial charge in [-0.2, -0.15) is 10.4 Å². The second-order valence-corrected chi connectivity index (χ2v) is 6.49. The molecule has 1 aliphatic carbocycles. The van der Waals surface area contributed by atoms with Gasteiger partial charge in [0.2, 0.25) is 15.7 Å². The molecule has 0 unspecified atom stereocenters. The zero-order valence-electron chi connectivity index (χ0n) is 11.0. The van der Waals surface area contributed by atoms with Crippen molar-refractivity contribution in [2.75, 3.05) is 10.1 Å². The molecule has 0 radical (unpaired) electrons. The molecule has 21 heavy (non-hydrogen) atoms. The first kappa shape index (κ1) is 14.8. The van der Waals surface area contributed by atoms with Gasteiger partial charge >= 0.3 is 0 Å². The van der Waals surface area contributed by atoms with Crippen LogP contribution in [-0.2, 0) is 10.0 Å². The molecule has 9 heteroatoms. The van der Waals surface area contributed by atoms with Crippen LogP contribution in [-0.4, -0.2) is 25.2 Å². The SMILES string of the molecule is N#C/C(=N\Nc1cccc(NS(=O)(=O)C2CC2)c1)C(=N)N. The molecule has 1 aliphatic rings. The molecule has 2 rings (SSSR count). The van der Waals surface area contributed by atoms with Crippen LogP contribution in [0.1, 0.15) is 12.8 Å². The maximum Gasteiger partial charge on any atom is 0.235 e. The Hall–Kier alpha value is -2.60. The second kappa shape index (κ2) is 5.80. The molecule has 0 aliphatic heterocycles. The van der Waals surface area contributed by atoms with Crippen molar-refractivity contribution in [2.45, 2.75) is 18.1 Å². The minimum Gasteiger partial charge on any atom is -0.382 e. The van der Waals surface area contributed by atoms with Crippen molar-refractivity contribution in [1.29, 1.82) is 10.7 Å². The summed E-state index contributed by atoms with van der Waals surface area (Å²) in [6.07, 6.45) is 1.36. The summed E-state index contributed by atoms with van der Waals surface area (Å²) in [5.41, 5.74) is 8.35. The molecule has 0 spiro atoms. The van der Waals surface area contributed by atoms with E-state index >= 15 is 0 Å². The quantitative estimate of drug-likeness (QED) is 0.349. The predicted octanol–water partition coefficient (Wildman–Crippen LogP) is 0.818. The van der Waals surface area contributed by atoms with Crippen LogP contribution in [0.5, 0.6) is 0 Å². The molecule has 0 amide bonds. The smallest absolute Gasteiger partial charge is 0.235 e. The number of anilines is 2. The number of nitrogens with zero attached hydrogens (tertiary/aromatic N) is 2. The van der Waals surface area contributed by atoms with E-state index in [1.54, 1.807) is 30.3 Å². The summed E-state index contributed by atoms with van der Waals surface area (Å²) in [5.74, 6) is -0.449. The van der Waals surface area contributed by atoms with E-state index < -0.39 is 15.9 Å². The van der Waals surface area contributed by atoms with Crippen LogP contribution in [0.25, 0.3) is 0 Å². The van der Waals surface area contributed by atoms with Gasteiger partial charge in [-0.25, -0.2) is 8.42 Å². The van der Waals surface area contributed by atoms with E-state index in [1.165, 1.54) is 0 Å². The highest BCUT2D eigenvalue weighted by Crippen LogP contribution is 2.30. The topological polar surface area (TPSA) is 144 Å². The van der Waals surface area contributed by atoms with Crippen LogP contribution in [0, 0.1) is 16.7 Å². The van der Waals surface area contributed by atoms with Gasteiger partial charge < -0.3 is 5.73 Å². The van der Waals surface area contributed by atoms with E-state index in [2.05, 4.69) is 15.2 Å². The minimum absolute atomic E-state index is 0.251. The average Bonchev–Trinajstić information content (AvgIpc) is 3.23. The van der Waals surface area contributed by atoms with Crippen molar-refractivity contribution in [3.8, 4) is 6.07 Å². The van der Waals surface area contributed by atoms with Crippen LogP contribution in [0.2, 0.25) is 0 Å². The summed E-state index contributed by atoms with van der Waals surface area (Å²) >= 11 is 0. The highest BCUT2D eigenvalue weighted by atomic mass is 32.2. The van der Waals surface area contributed by atoms with E-state index in [1.807, 2.05) is 0 Å². The third-order valence-electron chi connectivity index (χ3n) is 2.74. The van der Waals surface area contributed by atoms with Gasteiger partial charge in [0.15, 0.2) is 5.84 Å². The van der Waals surface area contributed by atoms with Crippen molar-refractivity contribution in [3.05, 3.63) is 24.3 Å². The number of rotatable bonds is 6. The van der Waals surface area contributed by atoms with Gasteiger partial charge in [0.1, 0.15) is 6.07 Å². The maximum absolute atomic E-state index is 11.8. The fraction of sp³-hybridized carbons (Fsp3) is 0.250. The van der Waals surface area contributed by atoms with Crippen LogP contribution in [0.4, 0.5) is 11.4 Å². The molecular weight excluding hydrogens is 292 g/mol. The van der Waals surface area contributed by atoms with Gasteiger partial charge in [-0.3, -0.25) is 15.6 Å². The molecule has 5 N–H and O–H groups in total. The number of benzene rings is 1. The van der Waals surface area contributed by atoms with Crippen LogP contribution < -0.4 is 15.9 Å². The molecule has 0 bridgehead atoms. The van der Waals surface area contributed by atoms with E-state index in [-0.39, 0.29) is 11.0 Å². The molecule has 0 saturated heterocycles. The third kappa shape index (κ3) is 3.93. The van der Waals surface area contributed by atoms with Gasteiger partial charge in [0, 0.05) is 0 Å². The summed E-state index contributed by atoms with van der Waals surface area (Å²) in [5, 5.41) is 19.2. The van der Waals surface area contributed by atoms with E-state index in [9.17, 15) is 8.42 Å². The van der Waals surface area contributed by atoms with Crippen LogP contribution in [0.15, 0.2) is 29.4 Å². The van der Waals surface area contributed by atoms with Crippen molar-refractivity contribution in [3.63, 3.8) is 0 Å². The lowest BCUT2D eigenvalue weighted by Crippen LogP contribution is -2.21. The monoisotopic (exact) mass is 306 g/mol. The first-order chi connectivity index (χ1) is 9.92. The Labute approximate surface area is 122 Å². The fourth-order valence-electron chi connectivity index (χ4n) is 1.54. The second-order valence-electron chi connectivity index (χ2n) is 4.52. The van der Waals surface area contributed by atoms with Crippen molar-refractivity contribution in [1.82, 2.24) is 0 Å². The largest absolute Gasteiger partial charge is 0.382 e. The molecular formula is C12H14N6O2S. The Morgan fingerprint density at radius 2 is 2.10 bits per heavy atom. The Morgan fingerprint density at radius 3 is 2.67 bits per heavy atom. The van der Waals surface area contributed by atoms with E-state index in [0.717, 1.165) is 0 Å². The van der Waals surface area contributed by atoms with Gasteiger partial charge in [-0.1, -0.05) is 6.07 Å². The average molecular weight is 306 g/mol. The molecule has 1 aromatic rings.